The summed E-state index contributed by atoms with van der Waals surface area (Å²) >= 11 is 8.73. The van der Waals surface area contributed by atoms with Crippen LogP contribution in [0.1, 0.15) is 141 Å². The Morgan fingerprint density at radius 2 is 0.917 bits per heavy atom. The van der Waals surface area contributed by atoms with E-state index in [1.807, 2.05) is 124 Å². The summed E-state index contributed by atoms with van der Waals surface area (Å²) in [5, 5.41) is 20.6. The molecule has 4 aliphatic heterocycles. The fraction of sp³-hybridized carbons (Fsp3) is 0.474. The van der Waals surface area contributed by atoms with Crippen molar-refractivity contribution in [2.75, 3.05) is 71.2 Å². The molecule has 108 heavy (non-hydrogen) atoms. The van der Waals surface area contributed by atoms with Crippen molar-refractivity contribution in [3.8, 4) is 0 Å². The molecule has 6 aliphatic rings. The molecule has 1 aromatic carbocycles. The maximum Gasteiger partial charge on any atom is 0.271 e. The first kappa shape index (κ1) is 77.9. The minimum atomic E-state index is 0.0157. The zero-order chi connectivity index (χ0) is 75.2. The number of carbonyl (C=O) groups excluding carboxylic acids is 2. The third-order valence-corrected chi connectivity index (χ3v) is 27.2. The van der Waals surface area contributed by atoms with Crippen LogP contribution in [-0.2, 0) is 31.1 Å². The number of thioether (sulfide) groups is 1. The molecule has 15 heterocycles. The van der Waals surface area contributed by atoms with Gasteiger partial charge < -0.3 is 14.7 Å². The molecular formula is C78H93N17O7S6. The van der Waals surface area contributed by atoms with E-state index in [-0.39, 0.29) is 45.5 Å². The number of amides is 1. The van der Waals surface area contributed by atoms with Crippen LogP contribution in [0, 0.1) is 39.5 Å². The summed E-state index contributed by atoms with van der Waals surface area (Å²) < 4.78 is 9.10. The molecule has 0 N–H and O–H groups in total. The van der Waals surface area contributed by atoms with E-state index in [0.717, 1.165) is 158 Å². The molecular weight excluding hydrogens is 1480 g/mol. The van der Waals surface area contributed by atoms with Crippen molar-refractivity contribution >= 4 is 132 Å². The Bertz CT molecular complexity index is 5120. The van der Waals surface area contributed by atoms with E-state index in [1.165, 1.54) is 166 Å². The number of aryl methyl sites for hydroxylation is 4. The van der Waals surface area contributed by atoms with Gasteiger partial charge in [-0.15, -0.1) is 10.2 Å². The maximum absolute atomic E-state index is 12.7. The van der Waals surface area contributed by atoms with Gasteiger partial charge in [-0.3, -0.25) is 54.3 Å². The molecule has 1 amide bonds. The Hall–Kier alpha value is -8.20. The monoisotopic (exact) mass is 1570 g/mol. The lowest BCUT2D eigenvalue weighted by atomic mass is 9.87. The van der Waals surface area contributed by atoms with Gasteiger partial charge in [0.05, 0.1) is 62.3 Å². The second-order valence-electron chi connectivity index (χ2n) is 28.4. The van der Waals surface area contributed by atoms with Gasteiger partial charge >= 0.3 is 0 Å². The molecule has 0 bridgehead atoms. The zero-order valence-electron chi connectivity index (χ0n) is 62.0. The highest BCUT2D eigenvalue weighted by Gasteiger charge is 2.35. The number of nitrogens with zero attached hydrogens (tertiary/aromatic N) is 17. The predicted molar refractivity (Wildman–Crippen MR) is 436 cm³/mol. The Kier molecular flexibility index (Phi) is 26.7. The van der Waals surface area contributed by atoms with Crippen LogP contribution in [0.25, 0.3) is 51.1 Å². The Morgan fingerprint density at radius 1 is 0.444 bits per heavy atom. The minimum absolute atomic E-state index is 0.0157. The number of carbonyl (C=O) groups is 2. The lowest BCUT2D eigenvalue weighted by Gasteiger charge is -2.34. The van der Waals surface area contributed by atoms with Gasteiger partial charge in [0.1, 0.15) is 24.3 Å². The van der Waals surface area contributed by atoms with Crippen LogP contribution in [0.3, 0.4) is 0 Å². The summed E-state index contributed by atoms with van der Waals surface area (Å²) in [5.41, 5.74) is 5.88. The van der Waals surface area contributed by atoms with Crippen LogP contribution < -0.4 is 27.8 Å². The van der Waals surface area contributed by atoms with Crippen LogP contribution in [0.2, 0.25) is 0 Å². The molecule has 568 valence electrons. The molecule has 24 nitrogen and oxygen atoms in total. The molecule has 30 heteroatoms. The Morgan fingerprint density at radius 3 is 1.43 bits per heavy atom. The van der Waals surface area contributed by atoms with Crippen molar-refractivity contribution in [3.63, 3.8) is 0 Å². The summed E-state index contributed by atoms with van der Waals surface area (Å²) in [7, 11) is 0. The summed E-state index contributed by atoms with van der Waals surface area (Å²) in [5.74, 6) is 2.13. The van der Waals surface area contributed by atoms with E-state index in [2.05, 4.69) is 55.0 Å². The standard InChI is InChI=1S/C16H21N5O2S.C14H12N2OS.C14H18N2OS.2C13H17N3OS.C8H8N2OS/c1-10-11(2)17-18-14-13(10)16(23)21(24-14)9-19-5-7-20(8-6-19)15(22)12-3-4-12;1-10(11-6-3-2-4-7-11)16-14(17)12-8-5-9-15-13(12)18-16;17-14-12-7-4-9-15-13(12)18-16(14)10-8-11-5-2-1-3-6-11;2*17-13-11-5-4-6-14-12(11)18-16(13)10-9-15-7-2-1-3-8-15;1-4-5(2)9-10-8-7(4)6(11)3-12-8/h12H,3-9H2,1-2H3;2-10H,1H3;4,7,9,11H,1-3,5-6,8,10H2;2*4-6H,1-3,7-10H2;3H2,1-2H3/t;10-;;;;/m.1..../s1. The normalized spacial score (nSPS) is 16.7. The number of ketones is 1. The molecule has 0 spiro atoms. The molecule has 12 aromatic rings. The first-order valence-corrected chi connectivity index (χ1v) is 42.6. The van der Waals surface area contributed by atoms with Gasteiger partial charge in [0.2, 0.25) is 5.91 Å². The van der Waals surface area contributed by atoms with E-state index in [9.17, 15) is 33.6 Å². The largest absolute Gasteiger partial charge is 0.340 e. The first-order valence-electron chi connectivity index (χ1n) is 37.7. The van der Waals surface area contributed by atoms with Gasteiger partial charge in [-0.1, -0.05) is 87.0 Å². The Balaban J connectivity index is 0.000000115. The van der Waals surface area contributed by atoms with Gasteiger partial charge in [-0.2, -0.15) is 10.2 Å². The second kappa shape index (κ2) is 37.0. The number of likely N-dealkylation sites (tertiary alicyclic amines) is 2. The first-order chi connectivity index (χ1) is 52.5. The third kappa shape index (κ3) is 19.1. The number of piperazine rings is 1. The highest BCUT2D eigenvalue weighted by Crippen LogP contribution is 2.33. The number of hydrogen-bond acceptors (Lipinski definition) is 24. The van der Waals surface area contributed by atoms with Crippen molar-refractivity contribution in [2.45, 2.75) is 162 Å². The van der Waals surface area contributed by atoms with Crippen molar-refractivity contribution in [3.05, 3.63) is 189 Å². The van der Waals surface area contributed by atoms with E-state index in [4.69, 9.17) is 0 Å². The highest BCUT2D eigenvalue weighted by molar-refractivity contribution is 8.00. The van der Waals surface area contributed by atoms with Gasteiger partial charge in [-0.05, 0) is 235 Å². The van der Waals surface area contributed by atoms with E-state index in [0.29, 0.717) is 33.9 Å². The zero-order valence-corrected chi connectivity index (χ0v) is 66.9. The number of fused-ring (bicyclic) bond motifs is 6. The smallest absolute Gasteiger partial charge is 0.271 e. The molecule has 2 saturated carbocycles. The molecule has 3 saturated heterocycles. The van der Waals surface area contributed by atoms with Crippen LogP contribution in [0.4, 0.5) is 0 Å². The quantitative estimate of drug-likeness (QED) is 0.0979. The van der Waals surface area contributed by atoms with Gasteiger partial charge in [0.15, 0.2) is 10.6 Å². The maximum atomic E-state index is 12.7. The van der Waals surface area contributed by atoms with E-state index < -0.39 is 0 Å². The second-order valence-corrected chi connectivity index (χ2v) is 34.3. The van der Waals surface area contributed by atoms with E-state index >= 15 is 0 Å². The fourth-order valence-corrected chi connectivity index (χ4v) is 19.9. The molecule has 1 atom stereocenters. The summed E-state index contributed by atoms with van der Waals surface area (Å²) in [4.78, 5) is 115. The fourth-order valence-electron chi connectivity index (χ4n) is 14.1. The Labute approximate surface area is 650 Å². The number of piperidine rings is 2. The number of benzene rings is 1. The lowest BCUT2D eigenvalue weighted by Crippen LogP contribution is -2.49. The highest BCUT2D eigenvalue weighted by atomic mass is 32.2. The SMILES string of the molecule is C[C@H](c1ccccc1)n1sc2ncccc2c1=O.Cc1nnc2c(c1C)C(=O)CS2.Cc1nnc2sn(CN3CCN(C(=O)C4CC4)CC3)c(=O)c2c1C.O=c1c2cccnc2sn1CCC1CCCCC1.O=c1c2cccnc2sn1CCN1CCCCC1.O=c1c2cccnc2sn1CCN1CCCCC1. The topological polar surface area (TPSA) is 260 Å². The van der Waals surface area contributed by atoms with Gasteiger partial charge in [0, 0.05) is 89.6 Å². The molecule has 2 aliphatic carbocycles. The van der Waals surface area contributed by atoms with Crippen molar-refractivity contribution in [2.24, 2.45) is 11.8 Å². The minimum Gasteiger partial charge on any atom is -0.340 e. The van der Waals surface area contributed by atoms with Crippen LogP contribution >= 0.6 is 69.4 Å². The summed E-state index contributed by atoms with van der Waals surface area (Å²) in [6.45, 7) is 22.4. The number of Topliss-reactive ketones (excluding diaryl/α,β-unsaturated/α-hetero) is 1. The number of aromatic nitrogens is 13. The molecule has 5 fully saturated rings. The average Bonchev–Trinajstić information content (AvgIpc) is 1.67. The summed E-state index contributed by atoms with van der Waals surface area (Å²) in [6.07, 6.45) is 24.9. The lowest BCUT2D eigenvalue weighted by molar-refractivity contribution is -0.134. The van der Waals surface area contributed by atoms with Crippen molar-refractivity contribution in [1.29, 1.82) is 0 Å². The van der Waals surface area contributed by atoms with Gasteiger partial charge in [-0.25, -0.2) is 23.9 Å². The molecule has 0 radical (unpaired) electrons. The van der Waals surface area contributed by atoms with Crippen LogP contribution in [-0.4, -0.2) is 163 Å². The predicted octanol–water partition coefficient (Wildman–Crippen LogP) is 12.7. The summed E-state index contributed by atoms with van der Waals surface area (Å²) in [6, 6.07) is 24.8. The van der Waals surface area contributed by atoms with Gasteiger partial charge in [0.25, 0.3) is 27.8 Å². The van der Waals surface area contributed by atoms with Crippen LogP contribution in [0.5, 0.6) is 0 Å². The van der Waals surface area contributed by atoms with E-state index in [1.54, 1.807) is 38.8 Å². The number of pyridine rings is 4. The molecule has 11 aromatic heterocycles. The van der Waals surface area contributed by atoms with Crippen molar-refractivity contribution < 1.29 is 9.59 Å². The van der Waals surface area contributed by atoms with Crippen LogP contribution in [0.15, 0.2) is 133 Å². The third-order valence-electron chi connectivity index (χ3n) is 20.9. The molecule has 0 unspecified atom stereocenters. The number of hydrogen-bond donors (Lipinski definition) is 0. The number of rotatable bonds is 14. The average molecular weight is 1570 g/mol. The van der Waals surface area contributed by atoms with Crippen molar-refractivity contribution in [1.82, 2.24) is 79.7 Å². The molecule has 18 rings (SSSR count).